The number of rotatable bonds is 3. The summed E-state index contributed by atoms with van der Waals surface area (Å²) in [5.41, 5.74) is -1.05. The maximum absolute atomic E-state index is 12.7. The van der Waals surface area contributed by atoms with Gasteiger partial charge < -0.3 is 14.4 Å². The Bertz CT molecular complexity index is 921. The predicted molar refractivity (Wildman–Crippen MR) is 98.3 cm³/mol. The molecule has 4 rings (SSSR count). The molecule has 2 aliphatic heterocycles. The third-order valence-electron chi connectivity index (χ3n) is 5.11. The molecule has 4 heterocycles. The van der Waals surface area contributed by atoms with Crippen LogP contribution in [0, 0.1) is 5.92 Å². The third kappa shape index (κ3) is 4.10. The Kier molecular flexibility index (Phi) is 5.50. The van der Waals surface area contributed by atoms with E-state index in [0.29, 0.717) is 38.2 Å². The molecule has 2 aromatic heterocycles. The number of piperidine rings is 1. The first-order chi connectivity index (χ1) is 13.8. The molecular weight excluding hydrogens is 413 g/mol. The van der Waals surface area contributed by atoms with Crippen LogP contribution in [-0.4, -0.2) is 47.4 Å². The lowest BCUT2D eigenvalue weighted by Gasteiger charge is -2.35. The number of ether oxygens (including phenoxy) is 2. The Hall–Kier alpha value is -2.17. The lowest BCUT2D eigenvalue weighted by Crippen LogP contribution is -2.39. The maximum Gasteiger partial charge on any atom is 0.417 e. The number of alkyl halides is 3. The second-order valence-corrected chi connectivity index (χ2v) is 7.28. The van der Waals surface area contributed by atoms with Crippen LogP contribution in [0.5, 0.6) is 0 Å². The van der Waals surface area contributed by atoms with Crippen LogP contribution in [0.3, 0.4) is 0 Å². The van der Waals surface area contributed by atoms with Gasteiger partial charge in [0.2, 0.25) is 0 Å². The summed E-state index contributed by atoms with van der Waals surface area (Å²) in [5.74, 6) is 0.253. The highest BCUT2D eigenvalue weighted by molar-refractivity contribution is 6.33. The predicted octanol–water partition coefficient (Wildman–Crippen LogP) is 2.89. The minimum Gasteiger partial charge on any atom is -0.369 e. The molecule has 0 unspecified atom stereocenters. The van der Waals surface area contributed by atoms with Gasteiger partial charge in [-0.2, -0.15) is 23.0 Å². The van der Waals surface area contributed by atoms with Crippen LogP contribution in [0.4, 0.5) is 18.9 Å². The van der Waals surface area contributed by atoms with Crippen molar-refractivity contribution < 1.29 is 22.6 Å². The molecule has 2 aromatic rings. The number of hydrogen-bond acceptors (Lipinski definition) is 6. The summed E-state index contributed by atoms with van der Waals surface area (Å²) in [6, 6.07) is 1.93. The topological polar surface area (TPSA) is 69.5 Å². The fraction of sp³-hybridized carbons (Fsp3) is 0.500. The first-order valence-electron chi connectivity index (χ1n) is 9.14. The lowest BCUT2D eigenvalue weighted by atomic mass is 9.96. The van der Waals surface area contributed by atoms with Crippen LogP contribution in [0.1, 0.15) is 18.4 Å². The standard InChI is InChI=1S/C18H18ClF3N4O3/c19-15-13(25-5-3-11(4-6-25)17-28-7-8-29-17)10-24-26(16(15)27)14-2-1-12(9-23-14)18(20,21)22/h1-2,9-11,17H,3-8H2. The van der Waals surface area contributed by atoms with Gasteiger partial charge in [-0.15, -0.1) is 0 Å². The minimum absolute atomic E-state index is 0.0364. The van der Waals surface area contributed by atoms with Gasteiger partial charge in [0.05, 0.1) is 30.7 Å². The summed E-state index contributed by atoms with van der Waals surface area (Å²) in [6.45, 7) is 2.54. The van der Waals surface area contributed by atoms with Crippen LogP contribution in [0.2, 0.25) is 5.02 Å². The zero-order valence-electron chi connectivity index (χ0n) is 15.2. The molecule has 0 aliphatic carbocycles. The van der Waals surface area contributed by atoms with E-state index in [-0.39, 0.29) is 23.0 Å². The largest absolute Gasteiger partial charge is 0.417 e. The maximum atomic E-state index is 12.7. The van der Waals surface area contributed by atoms with Crippen molar-refractivity contribution in [2.24, 2.45) is 5.92 Å². The molecule has 0 saturated carbocycles. The zero-order valence-corrected chi connectivity index (χ0v) is 16.0. The summed E-state index contributed by atoms with van der Waals surface area (Å²) >= 11 is 6.28. The Morgan fingerprint density at radius 3 is 2.38 bits per heavy atom. The van der Waals surface area contributed by atoms with Crippen LogP contribution >= 0.6 is 11.6 Å². The molecule has 0 N–H and O–H groups in total. The number of hydrogen-bond donors (Lipinski definition) is 0. The molecule has 0 aromatic carbocycles. The molecule has 29 heavy (non-hydrogen) atoms. The number of nitrogens with zero attached hydrogens (tertiary/aromatic N) is 4. The normalized spacial score (nSPS) is 19.1. The van der Waals surface area contributed by atoms with E-state index < -0.39 is 17.3 Å². The first-order valence-corrected chi connectivity index (χ1v) is 9.52. The van der Waals surface area contributed by atoms with Crippen LogP contribution in [0.25, 0.3) is 5.82 Å². The minimum atomic E-state index is -4.51. The quantitative estimate of drug-likeness (QED) is 0.746. The van der Waals surface area contributed by atoms with E-state index in [9.17, 15) is 18.0 Å². The molecule has 0 amide bonds. The van der Waals surface area contributed by atoms with Crippen LogP contribution < -0.4 is 10.5 Å². The average Bonchev–Trinajstić information content (AvgIpc) is 3.25. The van der Waals surface area contributed by atoms with Gasteiger partial charge in [0.25, 0.3) is 5.56 Å². The highest BCUT2D eigenvalue weighted by atomic mass is 35.5. The number of halogens is 4. The number of anilines is 1. The van der Waals surface area contributed by atoms with E-state index in [2.05, 4.69) is 10.1 Å². The van der Waals surface area contributed by atoms with Crippen molar-refractivity contribution in [3.05, 3.63) is 45.5 Å². The molecule has 0 bridgehead atoms. The van der Waals surface area contributed by atoms with E-state index in [4.69, 9.17) is 21.1 Å². The second kappa shape index (κ2) is 7.92. The second-order valence-electron chi connectivity index (χ2n) is 6.90. The van der Waals surface area contributed by atoms with Crippen molar-refractivity contribution in [2.75, 3.05) is 31.2 Å². The average molecular weight is 431 g/mol. The van der Waals surface area contributed by atoms with E-state index in [1.807, 2.05) is 4.90 Å². The summed E-state index contributed by atoms with van der Waals surface area (Å²) in [7, 11) is 0. The van der Waals surface area contributed by atoms with Gasteiger partial charge >= 0.3 is 6.18 Å². The number of pyridine rings is 1. The number of aromatic nitrogens is 3. The monoisotopic (exact) mass is 430 g/mol. The molecule has 156 valence electrons. The van der Waals surface area contributed by atoms with Crippen molar-refractivity contribution in [1.29, 1.82) is 0 Å². The van der Waals surface area contributed by atoms with Crippen molar-refractivity contribution in [1.82, 2.24) is 14.8 Å². The molecule has 0 spiro atoms. The van der Waals surface area contributed by atoms with Gasteiger partial charge in [-0.3, -0.25) is 4.79 Å². The van der Waals surface area contributed by atoms with Gasteiger partial charge in [-0.05, 0) is 25.0 Å². The molecule has 11 heteroatoms. The molecule has 0 atom stereocenters. The van der Waals surface area contributed by atoms with E-state index >= 15 is 0 Å². The lowest BCUT2D eigenvalue weighted by molar-refractivity contribution is -0.137. The molecule has 7 nitrogen and oxygen atoms in total. The molecular formula is C18H18ClF3N4O3. The van der Waals surface area contributed by atoms with Crippen molar-refractivity contribution in [3.8, 4) is 5.82 Å². The SMILES string of the molecule is O=c1c(Cl)c(N2CCC(C3OCCO3)CC2)cnn1-c1ccc(C(F)(F)F)cn1. The third-order valence-corrected chi connectivity index (χ3v) is 5.46. The van der Waals surface area contributed by atoms with Crippen LogP contribution in [-0.2, 0) is 15.7 Å². The molecule has 2 saturated heterocycles. The Morgan fingerprint density at radius 2 is 1.79 bits per heavy atom. The van der Waals surface area contributed by atoms with E-state index in [0.717, 1.165) is 29.7 Å². The fourth-order valence-electron chi connectivity index (χ4n) is 3.55. The molecule has 0 radical (unpaired) electrons. The Morgan fingerprint density at radius 1 is 1.10 bits per heavy atom. The fourth-order valence-corrected chi connectivity index (χ4v) is 3.80. The summed E-state index contributed by atoms with van der Waals surface area (Å²) in [5, 5.41) is 4.01. The Labute approximate surface area is 169 Å². The van der Waals surface area contributed by atoms with Gasteiger partial charge in [0.1, 0.15) is 5.02 Å². The molecule has 2 aliphatic rings. The Balaban J connectivity index is 1.51. The highest BCUT2D eigenvalue weighted by Gasteiger charge is 2.32. The smallest absolute Gasteiger partial charge is 0.369 e. The molecule has 2 fully saturated rings. The van der Waals surface area contributed by atoms with E-state index in [1.165, 1.54) is 6.20 Å². The summed E-state index contributed by atoms with van der Waals surface area (Å²) < 4.78 is 50.1. The van der Waals surface area contributed by atoms with Crippen molar-refractivity contribution >= 4 is 17.3 Å². The summed E-state index contributed by atoms with van der Waals surface area (Å²) in [6.07, 6.45) is -0.944. The highest BCUT2D eigenvalue weighted by Crippen LogP contribution is 2.31. The zero-order chi connectivity index (χ0) is 20.6. The first kappa shape index (κ1) is 20.1. The van der Waals surface area contributed by atoms with Gasteiger partial charge in [-0.1, -0.05) is 11.6 Å². The van der Waals surface area contributed by atoms with E-state index in [1.54, 1.807) is 0 Å². The van der Waals surface area contributed by atoms with Crippen molar-refractivity contribution in [3.63, 3.8) is 0 Å². The van der Waals surface area contributed by atoms with Gasteiger partial charge in [-0.25, -0.2) is 4.98 Å². The van der Waals surface area contributed by atoms with Gasteiger partial charge in [0.15, 0.2) is 12.1 Å². The van der Waals surface area contributed by atoms with Gasteiger partial charge in [0, 0.05) is 25.2 Å². The van der Waals surface area contributed by atoms with Crippen LogP contribution in [0.15, 0.2) is 29.3 Å². The summed E-state index contributed by atoms with van der Waals surface area (Å²) in [4.78, 5) is 18.3. The van der Waals surface area contributed by atoms with Crippen molar-refractivity contribution in [2.45, 2.75) is 25.3 Å².